The maximum atomic E-state index is 13.5. The smallest absolute Gasteiger partial charge is 0.416 e. The molecule has 2 aliphatic heterocycles. The summed E-state index contributed by atoms with van der Waals surface area (Å²) in [7, 11) is 0. The van der Waals surface area contributed by atoms with Crippen molar-refractivity contribution in [1.82, 2.24) is 9.88 Å². The Morgan fingerprint density at radius 2 is 2.06 bits per heavy atom. The molecule has 0 spiro atoms. The molecule has 4 heterocycles. The highest BCUT2D eigenvalue weighted by molar-refractivity contribution is 7.08. The Morgan fingerprint density at radius 3 is 2.84 bits per heavy atom. The number of nitrogens with zero attached hydrogens (tertiary/aromatic N) is 3. The van der Waals surface area contributed by atoms with E-state index in [-0.39, 0.29) is 31.0 Å². The fourth-order valence-electron chi connectivity index (χ4n) is 4.66. The van der Waals surface area contributed by atoms with Crippen molar-refractivity contribution in [3.05, 3.63) is 81.8 Å². The van der Waals surface area contributed by atoms with Crippen LogP contribution >= 0.6 is 11.3 Å². The fraction of sp³-hybridized carbons (Fsp3) is 0.320. The van der Waals surface area contributed by atoms with Gasteiger partial charge in [-0.15, -0.1) is 0 Å². The Labute approximate surface area is 191 Å². The summed E-state index contributed by atoms with van der Waals surface area (Å²) in [5.74, 6) is -0.196. The Kier molecular flexibility index (Phi) is 5.66. The van der Waals surface area contributed by atoms with E-state index in [1.54, 1.807) is 11.3 Å². The number of fused-ring (bicyclic) bond motifs is 1. The number of aromatic nitrogens is 1. The minimum absolute atomic E-state index is 0.148. The SMILES string of the molecule is Cc1ccc2c(n1)CCN2C(CC(=O)N1C(=O)OC[C@H]1Cc1ccccc1)c1ccsc1. The van der Waals surface area contributed by atoms with Gasteiger partial charge < -0.3 is 9.64 Å². The van der Waals surface area contributed by atoms with Crippen molar-refractivity contribution in [1.29, 1.82) is 0 Å². The number of ether oxygens (including phenoxy) is 1. The third kappa shape index (κ3) is 4.00. The average Bonchev–Trinajstić information content (AvgIpc) is 3.53. The van der Waals surface area contributed by atoms with Crippen LogP contribution in [0.4, 0.5) is 10.5 Å². The number of thiophene rings is 1. The molecular weight excluding hydrogens is 422 g/mol. The average molecular weight is 448 g/mol. The second kappa shape index (κ2) is 8.74. The lowest BCUT2D eigenvalue weighted by Gasteiger charge is -2.31. The normalized spacial score (nSPS) is 18.5. The molecule has 1 saturated heterocycles. The molecule has 32 heavy (non-hydrogen) atoms. The van der Waals surface area contributed by atoms with E-state index in [0.717, 1.165) is 41.2 Å². The van der Waals surface area contributed by atoms with E-state index in [4.69, 9.17) is 4.74 Å². The summed E-state index contributed by atoms with van der Waals surface area (Å²) in [4.78, 5) is 34.2. The van der Waals surface area contributed by atoms with Crippen LogP contribution in [0.5, 0.6) is 0 Å². The summed E-state index contributed by atoms with van der Waals surface area (Å²) in [6, 6.07) is 15.6. The maximum Gasteiger partial charge on any atom is 0.416 e. The van der Waals surface area contributed by atoms with Gasteiger partial charge in [0, 0.05) is 18.7 Å². The van der Waals surface area contributed by atoms with Gasteiger partial charge in [-0.25, -0.2) is 9.69 Å². The number of aryl methyl sites for hydroxylation is 1. The first-order chi connectivity index (χ1) is 15.6. The lowest BCUT2D eigenvalue weighted by molar-refractivity contribution is -0.129. The van der Waals surface area contributed by atoms with Gasteiger partial charge in [0.25, 0.3) is 0 Å². The number of hydrogen-bond donors (Lipinski definition) is 0. The number of amides is 2. The highest BCUT2D eigenvalue weighted by Crippen LogP contribution is 2.37. The van der Waals surface area contributed by atoms with E-state index in [9.17, 15) is 9.59 Å². The first-order valence-corrected chi connectivity index (χ1v) is 11.8. The molecule has 1 aromatic carbocycles. The molecule has 2 atom stereocenters. The number of hydrogen-bond acceptors (Lipinski definition) is 6. The number of anilines is 1. The Hall–Kier alpha value is -3.19. The summed E-state index contributed by atoms with van der Waals surface area (Å²) in [5, 5.41) is 4.11. The van der Waals surface area contributed by atoms with Gasteiger partial charge in [-0.1, -0.05) is 30.3 Å². The van der Waals surface area contributed by atoms with Gasteiger partial charge in [-0.2, -0.15) is 11.3 Å². The first-order valence-electron chi connectivity index (χ1n) is 10.9. The van der Waals surface area contributed by atoms with Gasteiger partial charge in [-0.05, 0) is 53.4 Å². The van der Waals surface area contributed by atoms with Crippen molar-refractivity contribution in [2.45, 2.75) is 38.3 Å². The minimum atomic E-state index is -0.542. The maximum absolute atomic E-state index is 13.5. The zero-order valence-corrected chi connectivity index (χ0v) is 18.8. The van der Waals surface area contributed by atoms with E-state index in [2.05, 4.69) is 27.4 Å². The Morgan fingerprint density at radius 1 is 1.22 bits per heavy atom. The quantitative estimate of drug-likeness (QED) is 0.555. The molecule has 2 aromatic heterocycles. The van der Waals surface area contributed by atoms with Crippen molar-refractivity contribution >= 4 is 29.0 Å². The van der Waals surface area contributed by atoms with Gasteiger partial charge in [0.2, 0.25) is 5.91 Å². The van der Waals surface area contributed by atoms with E-state index in [1.165, 1.54) is 4.90 Å². The summed E-state index contributed by atoms with van der Waals surface area (Å²) >= 11 is 1.61. The molecule has 3 aromatic rings. The van der Waals surface area contributed by atoms with Crippen molar-refractivity contribution in [2.24, 2.45) is 0 Å². The lowest BCUT2D eigenvalue weighted by atomic mass is 10.0. The van der Waals surface area contributed by atoms with Crippen LogP contribution in [0.2, 0.25) is 0 Å². The summed E-state index contributed by atoms with van der Waals surface area (Å²) in [6.07, 6.45) is 1.12. The summed E-state index contributed by atoms with van der Waals surface area (Å²) in [6.45, 7) is 3.03. The van der Waals surface area contributed by atoms with Gasteiger partial charge in [0.1, 0.15) is 6.61 Å². The predicted molar refractivity (Wildman–Crippen MR) is 124 cm³/mol. The van der Waals surface area contributed by atoms with Crippen LogP contribution < -0.4 is 4.90 Å². The van der Waals surface area contributed by atoms with Gasteiger partial charge in [0.05, 0.1) is 29.9 Å². The van der Waals surface area contributed by atoms with Crippen molar-refractivity contribution in [3.63, 3.8) is 0 Å². The molecule has 0 aliphatic carbocycles. The molecule has 1 fully saturated rings. The molecule has 7 heteroatoms. The van der Waals surface area contributed by atoms with Crippen LogP contribution in [0.25, 0.3) is 0 Å². The second-order valence-corrected chi connectivity index (χ2v) is 9.10. The molecule has 2 aliphatic rings. The number of carbonyl (C=O) groups is 2. The number of imide groups is 1. The predicted octanol–water partition coefficient (Wildman–Crippen LogP) is 4.54. The van der Waals surface area contributed by atoms with Crippen molar-refractivity contribution in [3.8, 4) is 0 Å². The standard InChI is InChI=1S/C25H25N3O3S/c1-17-7-8-22-21(26-17)9-11-27(22)23(19-10-12-32-16-19)14-24(29)28-20(15-31-25(28)30)13-18-5-3-2-4-6-18/h2-8,10,12,16,20,23H,9,11,13-15H2,1H3/t20-,23?/m1/s1. The number of rotatable bonds is 6. The van der Waals surface area contributed by atoms with Crippen molar-refractivity contribution in [2.75, 3.05) is 18.1 Å². The van der Waals surface area contributed by atoms with Gasteiger partial charge in [0.15, 0.2) is 0 Å². The van der Waals surface area contributed by atoms with E-state index in [0.29, 0.717) is 6.42 Å². The van der Waals surface area contributed by atoms with E-state index >= 15 is 0 Å². The number of pyridine rings is 1. The number of cyclic esters (lactones) is 1. The van der Waals surface area contributed by atoms with E-state index < -0.39 is 6.09 Å². The highest BCUT2D eigenvalue weighted by Gasteiger charge is 2.40. The second-order valence-electron chi connectivity index (χ2n) is 8.32. The molecule has 5 rings (SSSR count). The van der Waals surface area contributed by atoms with Gasteiger partial charge >= 0.3 is 6.09 Å². The molecule has 0 radical (unpaired) electrons. The van der Waals surface area contributed by atoms with Crippen LogP contribution in [0.15, 0.2) is 59.3 Å². The van der Waals surface area contributed by atoms with Crippen LogP contribution in [-0.2, 0) is 22.4 Å². The summed E-state index contributed by atoms with van der Waals surface area (Å²) in [5.41, 5.74) is 5.31. The first kappa shape index (κ1) is 20.7. The third-order valence-electron chi connectivity index (χ3n) is 6.20. The zero-order valence-electron chi connectivity index (χ0n) is 17.9. The molecule has 2 amide bonds. The Balaban J connectivity index is 1.39. The largest absolute Gasteiger partial charge is 0.447 e. The Bertz CT molecular complexity index is 1120. The van der Waals surface area contributed by atoms with E-state index in [1.807, 2.05) is 48.7 Å². The number of benzene rings is 1. The molecule has 0 saturated carbocycles. The molecule has 1 unspecified atom stereocenters. The summed E-state index contributed by atoms with van der Waals surface area (Å²) < 4.78 is 5.28. The topological polar surface area (TPSA) is 62.7 Å². The molecule has 0 N–H and O–H groups in total. The van der Waals surface area contributed by atoms with Crippen LogP contribution in [0.3, 0.4) is 0 Å². The van der Waals surface area contributed by atoms with Crippen molar-refractivity contribution < 1.29 is 14.3 Å². The van der Waals surface area contributed by atoms with Crippen LogP contribution in [0, 0.1) is 6.92 Å². The monoisotopic (exact) mass is 447 g/mol. The zero-order chi connectivity index (χ0) is 22.1. The van der Waals surface area contributed by atoms with Crippen LogP contribution in [0.1, 0.15) is 35.0 Å². The molecular formula is C25H25N3O3S. The van der Waals surface area contributed by atoms with Gasteiger partial charge in [-0.3, -0.25) is 9.78 Å². The molecule has 164 valence electrons. The third-order valence-corrected chi connectivity index (χ3v) is 6.91. The molecule has 6 nitrogen and oxygen atoms in total. The van der Waals surface area contributed by atoms with Crippen LogP contribution in [-0.4, -0.2) is 41.1 Å². The lowest BCUT2D eigenvalue weighted by Crippen LogP contribution is -2.42. The fourth-order valence-corrected chi connectivity index (χ4v) is 5.37. The molecule has 0 bridgehead atoms. The minimum Gasteiger partial charge on any atom is -0.447 e. The highest BCUT2D eigenvalue weighted by atomic mass is 32.1. The number of carbonyl (C=O) groups excluding carboxylic acids is 2.